The highest BCUT2D eigenvalue weighted by Crippen LogP contribution is 2.39. The lowest BCUT2D eigenvalue weighted by molar-refractivity contribution is -0.126. The van der Waals surface area contributed by atoms with Gasteiger partial charge in [0.15, 0.2) is 0 Å². The number of primary sulfonamides is 1. The van der Waals surface area contributed by atoms with Gasteiger partial charge in [0.1, 0.15) is 5.75 Å². The maximum absolute atomic E-state index is 13.6. The first-order valence-electron chi connectivity index (χ1n) is 13.2. The Kier molecular flexibility index (Phi) is 10.6. The van der Waals surface area contributed by atoms with E-state index >= 15 is 0 Å². The summed E-state index contributed by atoms with van der Waals surface area (Å²) in [6, 6.07) is 9.16. The lowest BCUT2D eigenvalue weighted by Crippen LogP contribution is -2.40. The van der Waals surface area contributed by atoms with E-state index in [1.807, 2.05) is 6.07 Å². The molecule has 8 nitrogen and oxygen atoms in total. The number of rotatable bonds is 11. The van der Waals surface area contributed by atoms with Gasteiger partial charge in [0, 0.05) is 38.9 Å². The van der Waals surface area contributed by atoms with Crippen LogP contribution in [0.25, 0.3) is 10.1 Å². The second kappa shape index (κ2) is 13.9. The zero-order valence-electron chi connectivity index (χ0n) is 22.9. The molecule has 4 rings (SSSR count). The maximum Gasteiger partial charge on any atom is 0.393 e. The third-order valence-electron chi connectivity index (χ3n) is 6.82. The number of methoxy groups -OCH3 is 1. The summed E-state index contributed by atoms with van der Waals surface area (Å²) in [5.74, 6) is 5.60. The molecule has 0 spiro atoms. The van der Waals surface area contributed by atoms with Gasteiger partial charge < -0.3 is 25.0 Å². The van der Waals surface area contributed by atoms with E-state index in [0.717, 1.165) is 44.2 Å². The van der Waals surface area contributed by atoms with Crippen molar-refractivity contribution < 1.29 is 35.5 Å². The quantitative estimate of drug-likeness (QED) is 0.204. The van der Waals surface area contributed by atoms with Crippen molar-refractivity contribution in [1.29, 1.82) is 0 Å². The highest BCUT2D eigenvalue weighted by molar-refractivity contribution is 7.89. The van der Waals surface area contributed by atoms with E-state index in [4.69, 9.17) is 14.6 Å². The van der Waals surface area contributed by atoms with E-state index < -0.39 is 29.5 Å². The van der Waals surface area contributed by atoms with Gasteiger partial charge in [0.2, 0.25) is 16.9 Å². The first-order chi connectivity index (χ1) is 20.0. The average molecular weight is 629 g/mol. The van der Waals surface area contributed by atoms with Gasteiger partial charge in [-0.05, 0) is 42.0 Å². The number of ether oxygens (including phenoxy) is 2. The molecule has 0 saturated carbocycles. The van der Waals surface area contributed by atoms with Gasteiger partial charge in [-0.3, -0.25) is 0 Å². The van der Waals surface area contributed by atoms with Crippen LogP contribution >= 0.6 is 11.3 Å². The Balaban J connectivity index is 1.55. The largest absolute Gasteiger partial charge is 0.461 e. The van der Waals surface area contributed by atoms with E-state index in [1.165, 1.54) is 23.5 Å². The summed E-state index contributed by atoms with van der Waals surface area (Å²) < 4.78 is 87.6. The molecule has 4 N–H and O–H groups in total. The molecular formula is C28H32F4N4O4S2. The third-order valence-corrected chi connectivity index (χ3v) is 8.92. The minimum absolute atomic E-state index is 0.0240. The molecule has 228 valence electrons. The van der Waals surface area contributed by atoms with Crippen LogP contribution in [0.3, 0.4) is 0 Å². The molecule has 3 aromatic rings. The summed E-state index contributed by atoms with van der Waals surface area (Å²) in [7, 11) is -2.36. The second-order valence-electron chi connectivity index (χ2n) is 9.75. The fraction of sp³-hybridized carbons (Fsp3) is 0.429. The predicted molar refractivity (Wildman–Crippen MR) is 156 cm³/mol. The number of hydrogen-bond acceptors (Lipinski definition) is 8. The van der Waals surface area contributed by atoms with Crippen LogP contribution in [0.2, 0.25) is 0 Å². The summed E-state index contributed by atoms with van der Waals surface area (Å²) in [4.78, 5) is 2.38. The van der Waals surface area contributed by atoms with Gasteiger partial charge in [0.25, 0.3) is 0 Å². The van der Waals surface area contributed by atoms with Crippen molar-refractivity contribution in [2.24, 2.45) is 5.14 Å². The third kappa shape index (κ3) is 8.48. The number of sulfonamides is 1. The molecular weight excluding hydrogens is 596 g/mol. The molecule has 0 bridgehead atoms. The molecule has 0 aliphatic carbocycles. The molecule has 0 atom stereocenters. The topological polar surface area (TPSA) is 106 Å². The van der Waals surface area contributed by atoms with Crippen LogP contribution in [-0.4, -0.2) is 72.3 Å². The van der Waals surface area contributed by atoms with E-state index in [1.54, 1.807) is 19.2 Å². The minimum atomic E-state index is -4.43. The number of nitrogens with one attached hydrogen (secondary N) is 2. The molecule has 42 heavy (non-hydrogen) atoms. The molecule has 1 saturated heterocycles. The summed E-state index contributed by atoms with van der Waals surface area (Å²) in [6.45, 7) is 2.13. The number of nitrogens with two attached hydrogens (primary N) is 1. The monoisotopic (exact) mass is 628 g/mol. The van der Waals surface area contributed by atoms with Crippen molar-refractivity contribution in [3.05, 3.63) is 46.8 Å². The molecule has 1 aliphatic rings. The summed E-state index contributed by atoms with van der Waals surface area (Å²) in [6.07, 6.45) is -3.73. The van der Waals surface area contributed by atoms with Crippen molar-refractivity contribution in [1.82, 2.24) is 4.90 Å². The van der Waals surface area contributed by atoms with Crippen molar-refractivity contribution in [3.63, 3.8) is 0 Å². The first kappa shape index (κ1) is 31.8. The number of thiophene rings is 1. The van der Waals surface area contributed by atoms with Crippen LogP contribution in [0.1, 0.15) is 23.3 Å². The van der Waals surface area contributed by atoms with Gasteiger partial charge in [0.05, 0.1) is 45.4 Å². The Morgan fingerprint density at radius 1 is 1.17 bits per heavy atom. The van der Waals surface area contributed by atoms with Gasteiger partial charge in [-0.25, -0.2) is 17.9 Å². The van der Waals surface area contributed by atoms with Crippen LogP contribution in [0, 0.1) is 11.8 Å². The van der Waals surface area contributed by atoms with Crippen molar-refractivity contribution >= 4 is 42.8 Å². The Morgan fingerprint density at radius 2 is 1.93 bits per heavy atom. The molecule has 0 amide bonds. The van der Waals surface area contributed by atoms with Gasteiger partial charge in [-0.2, -0.15) is 13.2 Å². The lowest BCUT2D eigenvalue weighted by Gasteiger charge is -2.32. The van der Waals surface area contributed by atoms with Crippen molar-refractivity contribution in [2.45, 2.75) is 36.4 Å². The number of anilines is 2. The molecule has 14 heteroatoms. The number of alkyl halides is 4. The second-order valence-corrected chi connectivity index (χ2v) is 12.3. The Labute approximate surface area is 246 Å². The number of hydrogen-bond donors (Lipinski definition) is 3. The molecule has 1 fully saturated rings. The first-order valence-corrected chi connectivity index (χ1v) is 15.5. The van der Waals surface area contributed by atoms with Crippen molar-refractivity contribution in [2.75, 3.05) is 57.4 Å². The Morgan fingerprint density at radius 3 is 2.60 bits per heavy atom. The zero-order valence-corrected chi connectivity index (χ0v) is 24.5. The summed E-state index contributed by atoms with van der Waals surface area (Å²) in [5.41, 5.74) is 1.15. The smallest absolute Gasteiger partial charge is 0.393 e. The summed E-state index contributed by atoms with van der Waals surface area (Å²) >= 11 is 1.21. The molecule has 2 heterocycles. The minimum Gasteiger partial charge on any atom is -0.461 e. The predicted octanol–water partition coefficient (Wildman–Crippen LogP) is 4.95. The molecule has 0 radical (unpaired) electrons. The van der Waals surface area contributed by atoms with Crippen molar-refractivity contribution in [3.8, 4) is 17.6 Å². The summed E-state index contributed by atoms with van der Waals surface area (Å²) in [5, 5.41) is 12.1. The highest BCUT2D eigenvalue weighted by atomic mass is 32.2. The highest BCUT2D eigenvalue weighted by Gasteiger charge is 2.31. The molecule has 2 aromatic carbocycles. The number of benzene rings is 2. The van der Waals surface area contributed by atoms with E-state index in [0.29, 0.717) is 21.6 Å². The zero-order chi connectivity index (χ0) is 30.3. The number of likely N-dealkylation sites (tertiary alicyclic amines) is 1. The number of fused-ring (bicyclic) bond motifs is 1. The number of nitrogens with zero attached hydrogens (tertiary/aromatic N) is 1. The fourth-order valence-corrected chi connectivity index (χ4v) is 6.47. The molecule has 0 unspecified atom stereocenters. The lowest BCUT2D eigenvalue weighted by atomic mass is 10.0. The Bertz CT molecular complexity index is 1540. The van der Waals surface area contributed by atoms with Gasteiger partial charge in [-0.15, -0.1) is 11.3 Å². The Hall–Kier alpha value is -3.09. The normalized spacial score (nSPS) is 14.9. The standard InChI is InChI=1S/C28H32F4N4O4S2/c1-39-15-14-36-12-9-19(10-13-36)35-24-5-2-4-21-22(17-28(30,31)32)26(41-27(21)24)6-3-11-34-23-8-7-20(42(33,37)38)16-25(23)40-18-29/h2,4-5,7-8,16,19,34-35H,9-15,17-18H2,1H3,(H2,33,37,38). The SMILES string of the molecule is COCCN1CCC(Nc2cccc3c(CC(F)(F)F)c(C#CCNc4ccc(S(N)(=O)=O)cc4OCF)sc23)CC1. The van der Waals surface area contributed by atoms with E-state index in [-0.39, 0.29) is 34.5 Å². The van der Waals surface area contributed by atoms with E-state index in [9.17, 15) is 26.0 Å². The van der Waals surface area contributed by atoms with Crippen LogP contribution in [0.15, 0.2) is 41.3 Å². The molecule has 1 aliphatic heterocycles. The average Bonchev–Trinajstić information content (AvgIpc) is 3.27. The van der Waals surface area contributed by atoms with Crippen LogP contribution in [0.5, 0.6) is 5.75 Å². The van der Waals surface area contributed by atoms with Gasteiger partial charge >= 0.3 is 6.18 Å². The number of piperidine rings is 1. The fourth-order valence-electron chi connectivity index (χ4n) is 4.77. The van der Waals surface area contributed by atoms with Gasteiger partial charge in [-0.1, -0.05) is 24.0 Å². The molecule has 1 aromatic heterocycles. The maximum atomic E-state index is 13.6. The van der Waals surface area contributed by atoms with Crippen LogP contribution < -0.4 is 20.5 Å². The van der Waals surface area contributed by atoms with Crippen LogP contribution in [-0.2, 0) is 21.2 Å². The van der Waals surface area contributed by atoms with E-state index in [2.05, 4.69) is 27.4 Å². The number of halogens is 4. The van der Waals surface area contributed by atoms with Crippen LogP contribution in [0.4, 0.5) is 28.9 Å².